The lowest BCUT2D eigenvalue weighted by atomic mass is 10.0. The number of rotatable bonds is 8. The van der Waals surface area contributed by atoms with Gasteiger partial charge in [-0.15, -0.1) is 0 Å². The molecule has 1 rings (SSSR count). The zero-order chi connectivity index (χ0) is 13.4. The second kappa shape index (κ2) is 8.53. The second-order valence-corrected chi connectivity index (χ2v) is 4.77. The Morgan fingerprint density at radius 2 is 2.06 bits per heavy atom. The highest BCUT2D eigenvalue weighted by molar-refractivity contribution is 9.10. The maximum Gasteiger partial charge on any atom is 0.261 e. The van der Waals surface area contributed by atoms with Gasteiger partial charge in [0.15, 0.2) is 0 Å². The largest absolute Gasteiger partial charge is 0.375 e. The quantitative estimate of drug-likeness (QED) is 0.439. The van der Waals surface area contributed by atoms with E-state index in [-0.39, 0.29) is 12.6 Å². The van der Waals surface area contributed by atoms with Crippen LogP contribution in [0.4, 0.5) is 8.78 Å². The molecule has 0 aliphatic heterocycles. The average molecular weight is 323 g/mol. The van der Waals surface area contributed by atoms with E-state index >= 15 is 0 Å². The van der Waals surface area contributed by atoms with Crippen molar-refractivity contribution in [2.75, 3.05) is 13.2 Å². The maximum atomic E-state index is 11.9. The van der Waals surface area contributed by atoms with E-state index in [1.54, 1.807) is 0 Å². The van der Waals surface area contributed by atoms with Crippen LogP contribution in [0.3, 0.4) is 0 Å². The molecule has 1 atom stereocenters. The van der Waals surface area contributed by atoms with Crippen LogP contribution in [0.15, 0.2) is 28.7 Å². The van der Waals surface area contributed by atoms with Gasteiger partial charge in [0.1, 0.15) is 6.61 Å². The Morgan fingerprint density at radius 1 is 1.33 bits per heavy atom. The van der Waals surface area contributed by atoms with Crippen LogP contribution in [0.25, 0.3) is 0 Å². The van der Waals surface area contributed by atoms with Gasteiger partial charge in [-0.25, -0.2) is 8.78 Å². The van der Waals surface area contributed by atoms with Crippen LogP contribution >= 0.6 is 15.9 Å². The summed E-state index contributed by atoms with van der Waals surface area (Å²) in [5, 5.41) is 0. The SMILES string of the molecule is NNC(CCOCC(F)F)Cc1ccccc1Br. The summed E-state index contributed by atoms with van der Waals surface area (Å²) in [7, 11) is 0. The lowest BCUT2D eigenvalue weighted by molar-refractivity contribution is 0.0144. The highest BCUT2D eigenvalue weighted by Gasteiger charge is 2.10. The normalized spacial score (nSPS) is 12.9. The van der Waals surface area contributed by atoms with E-state index in [0.29, 0.717) is 6.42 Å². The van der Waals surface area contributed by atoms with Gasteiger partial charge >= 0.3 is 0 Å². The van der Waals surface area contributed by atoms with E-state index in [2.05, 4.69) is 21.4 Å². The lowest BCUT2D eigenvalue weighted by Crippen LogP contribution is -2.37. The number of alkyl halides is 2. The van der Waals surface area contributed by atoms with Gasteiger partial charge in [0.25, 0.3) is 6.43 Å². The summed E-state index contributed by atoms with van der Waals surface area (Å²) in [5.41, 5.74) is 3.80. The van der Waals surface area contributed by atoms with Crippen molar-refractivity contribution in [3.63, 3.8) is 0 Å². The van der Waals surface area contributed by atoms with Crippen LogP contribution in [-0.4, -0.2) is 25.7 Å². The standard InChI is InChI=1S/C12H17BrF2N2O/c13-11-4-2-1-3-9(11)7-10(17-16)5-6-18-8-12(14)15/h1-4,10,12,17H,5-8,16H2. The Morgan fingerprint density at radius 3 is 2.67 bits per heavy atom. The smallest absolute Gasteiger partial charge is 0.261 e. The summed E-state index contributed by atoms with van der Waals surface area (Å²) in [6, 6.07) is 7.83. The highest BCUT2D eigenvalue weighted by atomic mass is 79.9. The summed E-state index contributed by atoms with van der Waals surface area (Å²) in [5.74, 6) is 5.44. The molecule has 0 heterocycles. The molecule has 0 fully saturated rings. The van der Waals surface area contributed by atoms with E-state index in [1.165, 1.54) is 0 Å². The van der Waals surface area contributed by atoms with Crippen LogP contribution in [-0.2, 0) is 11.2 Å². The molecule has 3 N–H and O–H groups in total. The summed E-state index contributed by atoms with van der Waals surface area (Å²) in [4.78, 5) is 0. The lowest BCUT2D eigenvalue weighted by Gasteiger charge is -2.16. The minimum atomic E-state index is -2.42. The van der Waals surface area contributed by atoms with Crippen molar-refractivity contribution in [3.05, 3.63) is 34.3 Å². The van der Waals surface area contributed by atoms with Crippen molar-refractivity contribution < 1.29 is 13.5 Å². The number of ether oxygens (including phenoxy) is 1. The minimum absolute atomic E-state index is 0.00127. The molecule has 0 bridgehead atoms. The van der Waals surface area contributed by atoms with Crippen LogP contribution in [0, 0.1) is 0 Å². The molecule has 0 aliphatic rings. The first-order chi connectivity index (χ1) is 8.63. The Balaban J connectivity index is 2.36. The fraction of sp³-hybridized carbons (Fsp3) is 0.500. The molecule has 1 aromatic carbocycles. The number of nitrogens with two attached hydrogens (primary N) is 1. The van der Waals surface area contributed by atoms with Crippen molar-refractivity contribution in [2.24, 2.45) is 5.84 Å². The van der Waals surface area contributed by atoms with Crippen molar-refractivity contribution in [2.45, 2.75) is 25.3 Å². The predicted octanol–water partition coefficient (Wildman–Crippen LogP) is 2.50. The number of hydrazine groups is 1. The van der Waals surface area contributed by atoms with Crippen LogP contribution in [0.5, 0.6) is 0 Å². The molecule has 0 radical (unpaired) electrons. The first-order valence-corrected chi connectivity index (χ1v) is 6.48. The number of halogens is 3. The van der Waals surface area contributed by atoms with Crippen molar-refractivity contribution in [1.82, 2.24) is 5.43 Å². The molecule has 0 aromatic heterocycles. The van der Waals surface area contributed by atoms with Crippen molar-refractivity contribution in [1.29, 1.82) is 0 Å². The molecular weight excluding hydrogens is 306 g/mol. The zero-order valence-electron chi connectivity index (χ0n) is 9.91. The molecule has 6 heteroatoms. The Labute approximate surface area is 114 Å². The third-order valence-corrected chi connectivity index (χ3v) is 3.29. The van der Waals surface area contributed by atoms with E-state index in [0.717, 1.165) is 16.5 Å². The van der Waals surface area contributed by atoms with E-state index in [9.17, 15) is 8.78 Å². The first-order valence-electron chi connectivity index (χ1n) is 5.69. The average Bonchev–Trinajstić information content (AvgIpc) is 2.35. The van der Waals surface area contributed by atoms with Crippen molar-refractivity contribution in [3.8, 4) is 0 Å². The van der Waals surface area contributed by atoms with Crippen LogP contribution in [0.2, 0.25) is 0 Å². The van der Waals surface area contributed by atoms with E-state index in [1.807, 2.05) is 24.3 Å². The molecule has 102 valence electrons. The molecule has 1 aromatic rings. The molecule has 3 nitrogen and oxygen atoms in total. The number of nitrogens with one attached hydrogen (secondary N) is 1. The fourth-order valence-electron chi connectivity index (χ4n) is 1.57. The Bertz CT molecular complexity index is 353. The summed E-state index contributed by atoms with van der Waals surface area (Å²) >= 11 is 3.46. The van der Waals surface area contributed by atoms with Gasteiger partial charge in [0, 0.05) is 17.1 Å². The van der Waals surface area contributed by atoms with Crippen LogP contribution < -0.4 is 11.3 Å². The molecule has 0 aliphatic carbocycles. The van der Waals surface area contributed by atoms with Gasteiger partial charge in [-0.3, -0.25) is 11.3 Å². The molecule has 1 unspecified atom stereocenters. The number of hydrogen-bond acceptors (Lipinski definition) is 3. The van der Waals surface area contributed by atoms with Gasteiger partial charge in [0.2, 0.25) is 0 Å². The molecule has 18 heavy (non-hydrogen) atoms. The van der Waals surface area contributed by atoms with Crippen molar-refractivity contribution >= 4 is 15.9 Å². The molecule has 0 amide bonds. The third-order valence-electron chi connectivity index (χ3n) is 2.51. The monoisotopic (exact) mass is 322 g/mol. The van der Waals surface area contributed by atoms with E-state index < -0.39 is 13.0 Å². The fourth-order valence-corrected chi connectivity index (χ4v) is 2.02. The van der Waals surface area contributed by atoms with Gasteiger partial charge < -0.3 is 4.74 Å². The highest BCUT2D eigenvalue weighted by Crippen LogP contribution is 2.18. The third kappa shape index (κ3) is 5.86. The first kappa shape index (κ1) is 15.5. The molecular formula is C12H17BrF2N2O. The molecule has 0 saturated heterocycles. The van der Waals surface area contributed by atoms with Gasteiger partial charge in [-0.05, 0) is 24.5 Å². The Kier molecular flexibility index (Phi) is 7.34. The maximum absolute atomic E-state index is 11.9. The summed E-state index contributed by atoms with van der Waals surface area (Å²) in [6.45, 7) is -0.254. The second-order valence-electron chi connectivity index (χ2n) is 3.91. The van der Waals surface area contributed by atoms with Gasteiger partial charge in [-0.1, -0.05) is 34.1 Å². The minimum Gasteiger partial charge on any atom is -0.375 e. The van der Waals surface area contributed by atoms with E-state index in [4.69, 9.17) is 10.6 Å². The van der Waals surface area contributed by atoms with Crippen LogP contribution in [0.1, 0.15) is 12.0 Å². The topological polar surface area (TPSA) is 47.3 Å². The number of benzene rings is 1. The van der Waals surface area contributed by atoms with Gasteiger partial charge in [0.05, 0.1) is 0 Å². The Hall–Kier alpha value is -0.560. The summed E-state index contributed by atoms with van der Waals surface area (Å²) < 4.78 is 29.6. The summed E-state index contributed by atoms with van der Waals surface area (Å²) in [6.07, 6.45) is -1.11. The van der Waals surface area contributed by atoms with Gasteiger partial charge in [-0.2, -0.15) is 0 Å². The predicted molar refractivity (Wildman–Crippen MR) is 70.4 cm³/mol. The molecule has 0 spiro atoms. The number of hydrogen-bond donors (Lipinski definition) is 2. The zero-order valence-corrected chi connectivity index (χ0v) is 11.5. The molecule has 0 saturated carbocycles.